The van der Waals surface area contributed by atoms with Crippen LogP contribution in [-0.4, -0.2) is 31.9 Å². The normalized spacial score (nSPS) is 18.0. The van der Waals surface area contributed by atoms with E-state index in [0.29, 0.717) is 12.5 Å². The molecule has 4 heteroatoms. The number of anilines is 1. The predicted octanol–water partition coefficient (Wildman–Crippen LogP) is 1.54. The van der Waals surface area contributed by atoms with E-state index in [1.165, 1.54) is 0 Å². The molecule has 2 heterocycles. The number of hydrogen-bond donors (Lipinski definition) is 1. The molecule has 4 nitrogen and oxygen atoms in total. The average molecular weight is 208 g/mol. The molecule has 0 spiro atoms. The van der Waals surface area contributed by atoms with Crippen LogP contribution in [0.2, 0.25) is 0 Å². The summed E-state index contributed by atoms with van der Waals surface area (Å²) in [7, 11) is 1.84. The van der Waals surface area contributed by atoms with E-state index in [4.69, 9.17) is 9.47 Å². The van der Waals surface area contributed by atoms with Gasteiger partial charge in [0, 0.05) is 18.5 Å². The Bertz CT molecular complexity index is 337. The van der Waals surface area contributed by atoms with Crippen molar-refractivity contribution in [3.05, 3.63) is 18.2 Å². The van der Waals surface area contributed by atoms with Gasteiger partial charge in [0.05, 0.1) is 19.8 Å². The quantitative estimate of drug-likeness (QED) is 0.815. The number of rotatable bonds is 4. The number of aromatic nitrogens is 1. The molecule has 15 heavy (non-hydrogen) atoms. The van der Waals surface area contributed by atoms with Gasteiger partial charge >= 0.3 is 0 Å². The molecule has 82 valence electrons. The molecule has 0 radical (unpaired) electrons. The monoisotopic (exact) mass is 208 g/mol. The van der Waals surface area contributed by atoms with Gasteiger partial charge in [-0.05, 0) is 6.07 Å². The lowest BCUT2D eigenvalue weighted by atomic mass is 9.90. The second-order valence-corrected chi connectivity index (χ2v) is 4.20. The molecule has 1 saturated heterocycles. The molecule has 0 atom stereocenters. The predicted molar refractivity (Wildman–Crippen MR) is 58.2 cm³/mol. The van der Waals surface area contributed by atoms with Crippen LogP contribution in [0.25, 0.3) is 0 Å². The van der Waals surface area contributed by atoms with Crippen LogP contribution in [0.15, 0.2) is 18.2 Å². The highest BCUT2D eigenvalue weighted by Gasteiger charge is 2.34. The van der Waals surface area contributed by atoms with Gasteiger partial charge < -0.3 is 14.8 Å². The summed E-state index contributed by atoms with van der Waals surface area (Å²) in [6.07, 6.45) is 0. The first-order valence-electron chi connectivity index (χ1n) is 5.07. The van der Waals surface area contributed by atoms with Crippen LogP contribution in [0.4, 0.5) is 5.82 Å². The number of nitrogens with one attached hydrogen (secondary N) is 1. The first-order valence-corrected chi connectivity index (χ1v) is 5.07. The third-order valence-electron chi connectivity index (χ3n) is 2.45. The molecule has 1 aliphatic rings. The van der Waals surface area contributed by atoms with Gasteiger partial charge in [0.15, 0.2) is 0 Å². The van der Waals surface area contributed by atoms with Crippen molar-refractivity contribution in [3.8, 4) is 5.88 Å². The lowest BCUT2D eigenvalue weighted by Gasteiger charge is -2.37. The van der Waals surface area contributed by atoms with E-state index >= 15 is 0 Å². The molecule has 1 aromatic heterocycles. The van der Waals surface area contributed by atoms with Crippen molar-refractivity contribution < 1.29 is 9.47 Å². The molecule has 1 aliphatic heterocycles. The summed E-state index contributed by atoms with van der Waals surface area (Å²) >= 11 is 0. The van der Waals surface area contributed by atoms with Crippen LogP contribution in [0, 0.1) is 5.41 Å². The zero-order valence-corrected chi connectivity index (χ0v) is 9.12. The van der Waals surface area contributed by atoms with Crippen molar-refractivity contribution in [1.82, 2.24) is 4.98 Å². The van der Waals surface area contributed by atoms with Crippen LogP contribution >= 0.6 is 0 Å². The van der Waals surface area contributed by atoms with Crippen LogP contribution in [-0.2, 0) is 4.74 Å². The van der Waals surface area contributed by atoms with Crippen molar-refractivity contribution >= 4 is 5.82 Å². The van der Waals surface area contributed by atoms with Gasteiger partial charge in [-0.2, -0.15) is 4.98 Å². The third kappa shape index (κ3) is 2.39. The number of ether oxygens (including phenoxy) is 2. The molecule has 0 bridgehead atoms. The average Bonchev–Trinajstić information content (AvgIpc) is 2.24. The van der Waals surface area contributed by atoms with Crippen molar-refractivity contribution in [2.24, 2.45) is 5.41 Å². The highest BCUT2D eigenvalue weighted by atomic mass is 16.5. The van der Waals surface area contributed by atoms with E-state index < -0.39 is 0 Å². The standard InChI is InChI=1S/C11H16N2O2/c1-11(6-14-7-11)8-15-10-5-3-4-9(12-2)13-10/h3-5H,6-8H2,1-2H3,(H,12,13). The zero-order chi connectivity index (χ0) is 10.7. The van der Waals surface area contributed by atoms with Gasteiger partial charge in [-0.1, -0.05) is 13.0 Å². The summed E-state index contributed by atoms with van der Waals surface area (Å²) in [6.45, 7) is 4.36. The van der Waals surface area contributed by atoms with Gasteiger partial charge in [0.1, 0.15) is 5.82 Å². The minimum atomic E-state index is 0.164. The van der Waals surface area contributed by atoms with E-state index in [9.17, 15) is 0 Å². The Kier molecular flexibility index (Phi) is 2.77. The maximum Gasteiger partial charge on any atom is 0.215 e. The van der Waals surface area contributed by atoms with E-state index in [0.717, 1.165) is 19.0 Å². The van der Waals surface area contributed by atoms with Gasteiger partial charge in [0.2, 0.25) is 5.88 Å². The molecular weight excluding hydrogens is 192 g/mol. The Hall–Kier alpha value is -1.29. The van der Waals surface area contributed by atoms with E-state index in [1.54, 1.807) is 0 Å². The highest BCUT2D eigenvalue weighted by molar-refractivity contribution is 5.35. The summed E-state index contributed by atoms with van der Waals surface area (Å²) in [5, 5.41) is 2.98. The van der Waals surface area contributed by atoms with Crippen LogP contribution in [0.5, 0.6) is 5.88 Å². The summed E-state index contributed by atoms with van der Waals surface area (Å²) in [6, 6.07) is 5.69. The highest BCUT2D eigenvalue weighted by Crippen LogP contribution is 2.27. The molecule has 0 unspecified atom stereocenters. The van der Waals surface area contributed by atoms with Gasteiger partial charge in [0.25, 0.3) is 0 Å². The van der Waals surface area contributed by atoms with Crippen LogP contribution in [0.3, 0.4) is 0 Å². The van der Waals surface area contributed by atoms with Gasteiger partial charge in [-0.25, -0.2) is 0 Å². The fraction of sp³-hybridized carbons (Fsp3) is 0.545. The molecular formula is C11H16N2O2. The molecule has 0 amide bonds. The van der Waals surface area contributed by atoms with E-state index in [1.807, 2.05) is 25.2 Å². The molecule has 1 aromatic rings. The molecule has 0 saturated carbocycles. The first kappa shape index (κ1) is 10.2. The van der Waals surface area contributed by atoms with Crippen molar-refractivity contribution in [3.63, 3.8) is 0 Å². The van der Waals surface area contributed by atoms with Crippen LogP contribution < -0.4 is 10.1 Å². The molecule has 0 aliphatic carbocycles. The third-order valence-corrected chi connectivity index (χ3v) is 2.45. The maximum absolute atomic E-state index is 5.62. The fourth-order valence-electron chi connectivity index (χ4n) is 1.42. The summed E-state index contributed by atoms with van der Waals surface area (Å²) in [4.78, 5) is 4.28. The second-order valence-electron chi connectivity index (χ2n) is 4.20. The Balaban J connectivity index is 1.92. The van der Waals surface area contributed by atoms with E-state index in [2.05, 4.69) is 17.2 Å². The van der Waals surface area contributed by atoms with Gasteiger partial charge in [-0.3, -0.25) is 0 Å². The maximum atomic E-state index is 5.62. The fourth-order valence-corrected chi connectivity index (χ4v) is 1.42. The number of nitrogens with zero attached hydrogens (tertiary/aromatic N) is 1. The summed E-state index contributed by atoms with van der Waals surface area (Å²) in [5.41, 5.74) is 0.164. The Morgan fingerprint density at radius 1 is 1.53 bits per heavy atom. The first-order chi connectivity index (χ1) is 7.22. The lowest BCUT2D eigenvalue weighted by molar-refractivity contribution is -0.120. The molecule has 1 fully saturated rings. The van der Waals surface area contributed by atoms with Crippen LogP contribution in [0.1, 0.15) is 6.92 Å². The topological polar surface area (TPSA) is 43.4 Å². The number of hydrogen-bond acceptors (Lipinski definition) is 4. The minimum Gasteiger partial charge on any atom is -0.477 e. The Morgan fingerprint density at radius 3 is 2.93 bits per heavy atom. The zero-order valence-electron chi connectivity index (χ0n) is 9.12. The SMILES string of the molecule is CNc1cccc(OCC2(C)COC2)n1. The Morgan fingerprint density at radius 2 is 2.33 bits per heavy atom. The van der Waals surface area contributed by atoms with Gasteiger partial charge in [-0.15, -0.1) is 0 Å². The second kappa shape index (κ2) is 4.06. The molecule has 0 aromatic carbocycles. The van der Waals surface area contributed by atoms with Crippen molar-refractivity contribution in [2.45, 2.75) is 6.92 Å². The summed E-state index contributed by atoms with van der Waals surface area (Å²) in [5.74, 6) is 1.48. The number of pyridine rings is 1. The van der Waals surface area contributed by atoms with Crippen molar-refractivity contribution in [2.75, 3.05) is 32.2 Å². The molecule has 1 N–H and O–H groups in total. The minimum absolute atomic E-state index is 0.164. The smallest absolute Gasteiger partial charge is 0.215 e. The van der Waals surface area contributed by atoms with E-state index in [-0.39, 0.29) is 5.41 Å². The largest absolute Gasteiger partial charge is 0.477 e. The summed E-state index contributed by atoms with van der Waals surface area (Å²) < 4.78 is 10.8. The Labute approximate surface area is 89.6 Å². The molecule has 2 rings (SSSR count). The lowest BCUT2D eigenvalue weighted by Crippen LogP contribution is -2.44. The van der Waals surface area contributed by atoms with Crippen molar-refractivity contribution in [1.29, 1.82) is 0 Å².